The maximum absolute atomic E-state index is 13.2. The SMILES string of the molecule is COc1ccc(NC(=O)C2=C(C)Nc3ncnn3[C@@H]2c2ccc([N+](=O)[O-])cc2)cc1. The van der Waals surface area contributed by atoms with Crippen molar-refractivity contribution in [2.75, 3.05) is 17.7 Å². The zero-order valence-corrected chi connectivity index (χ0v) is 16.2. The van der Waals surface area contributed by atoms with E-state index in [2.05, 4.69) is 20.7 Å². The number of fused-ring (bicyclic) bond motifs is 1. The number of rotatable bonds is 5. The minimum atomic E-state index is -0.595. The number of ether oxygens (including phenoxy) is 1. The number of amides is 1. The Morgan fingerprint density at radius 1 is 1.20 bits per heavy atom. The zero-order valence-electron chi connectivity index (χ0n) is 16.2. The lowest BCUT2D eigenvalue weighted by atomic mass is 9.95. The Bertz CT molecular complexity index is 1130. The molecule has 2 heterocycles. The van der Waals surface area contributed by atoms with Crippen molar-refractivity contribution >= 4 is 23.2 Å². The average molecular weight is 406 g/mol. The van der Waals surface area contributed by atoms with Crippen molar-refractivity contribution in [1.82, 2.24) is 14.8 Å². The lowest BCUT2D eigenvalue weighted by Crippen LogP contribution is -2.31. The van der Waals surface area contributed by atoms with Crippen molar-refractivity contribution in [3.8, 4) is 5.75 Å². The Kier molecular flexibility index (Phi) is 4.88. The number of aromatic nitrogens is 3. The van der Waals surface area contributed by atoms with Gasteiger partial charge in [-0.2, -0.15) is 10.1 Å². The summed E-state index contributed by atoms with van der Waals surface area (Å²) < 4.78 is 6.72. The predicted octanol–water partition coefficient (Wildman–Crippen LogP) is 3.12. The predicted molar refractivity (Wildman–Crippen MR) is 109 cm³/mol. The second-order valence-electron chi connectivity index (χ2n) is 6.63. The molecule has 152 valence electrons. The molecule has 10 heteroatoms. The Labute approximate surface area is 171 Å². The smallest absolute Gasteiger partial charge is 0.269 e. The van der Waals surface area contributed by atoms with E-state index in [4.69, 9.17) is 4.74 Å². The van der Waals surface area contributed by atoms with Gasteiger partial charge in [0.25, 0.3) is 11.6 Å². The van der Waals surface area contributed by atoms with Gasteiger partial charge < -0.3 is 15.4 Å². The van der Waals surface area contributed by atoms with Crippen LogP contribution in [0.25, 0.3) is 0 Å². The van der Waals surface area contributed by atoms with Crippen molar-refractivity contribution in [3.63, 3.8) is 0 Å². The van der Waals surface area contributed by atoms with E-state index in [-0.39, 0.29) is 11.6 Å². The number of allylic oxidation sites excluding steroid dienone is 1. The maximum Gasteiger partial charge on any atom is 0.269 e. The number of nitro benzene ring substituents is 1. The van der Waals surface area contributed by atoms with Crippen LogP contribution >= 0.6 is 0 Å². The molecule has 0 fully saturated rings. The van der Waals surface area contributed by atoms with Crippen LogP contribution in [-0.2, 0) is 4.79 Å². The second-order valence-corrected chi connectivity index (χ2v) is 6.63. The molecule has 1 aromatic heterocycles. The van der Waals surface area contributed by atoms with Crippen molar-refractivity contribution in [3.05, 3.63) is 81.8 Å². The van der Waals surface area contributed by atoms with Gasteiger partial charge in [0.2, 0.25) is 5.95 Å². The highest BCUT2D eigenvalue weighted by atomic mass is 16.6. The van der Waals surface area contributed by atoms with E-state index < -0.39 is 11.0 Å². The van der Waals surface area contributed by atoms with E-state index in [9.17, 15) is 14.9 Å². The molecule has 10 nitrogen and oxygen atoms in total. The van der Waals surface area contributed by atoms with Crippen LogP contribution in [0.4, 0.5) is 17.3 Å². The first-order chi connectivity index (χ1) is 14.5. The molecule has 0 unspecified atom stereocenters. The van der Waals surface area contributed by atoms with Crippen LogP contribution in [0.2, 0.25) is 0 Å². The molecule has 2 N–H and O–H groups in total. The third-order valence-electron chi connectivity index (χ3n) is 4.81. The molecule has 1 amide bonds. The highest BCUT2D eigenvalue weighted by molar-refractivity contribution is 6.06. The van der Waals surface area contributed by atoms with Gasteiger partial charge in [0, 0.05) is 23.5 Å². The van der Waals surface area contributed by atoms with Crippen LogP contribution in [0.1, 0.15) is 18.5 Å². The number of nitro groups is 1. The summed E-state index contributed by atoms with van der Waals surface area (Å²) >= 11 is 0. The number of methoxy groups -OCH3 is 1. The van der Waals surface area contributed by atoms with Crippen LogP contribution in [-0.4, -0.2) is 32.7 Å². The molecule has 0 spiro atoms. The number of benzene rings is 2. The maximum atomic E-state index is 13.2. The summed E-state index contributed by atoms with van der Waals surface area (Å²) in [6.45, 7) is 1.78. The van der Waals surface area contributed by atoms with E-state index in [0.717, 1.165) is 0 Å². The van der Waals surface area contributed by atoms with Gasteiger partial charge in [-0.25, -0.2) is 4.68 Å². The van der Waals surface area contributed by atoms with Gasteiger partial charge in [-0.05, 0) is 48.9 Å². The number of carbonyl (C=O) groups excluding carboxylic acids is 1. The topological polar surface area (TPSA) is 124 Å². The Morgan fingerprint density at radius 2 is 1.90 bits per heavy atom. The molecule has 4 rings (SSSR count). The molecule has 0 saturated heterocycles. The van der Waals surface area contributed by atoms with Gasteiger partial charge >= 0.3 is 0 Å². The van der Waals surface area contributed by atoms with Crippen molar-refractivity contribution in [2.45, 2.75) is 13.0 Å². The Balaban J connectivity index is 1.71. The molecule has 0 aliphatic carbocycles. The minimum Gasteiger partial charge on any atom is -0.497 e. The molecule has 0 saturated carbocycles. The highest BCUT2D eigenvalue weighted by Gasteiger charge is 2.33. The summed E-state index contributed by atoms with van der Waals surface area (Å²) in [6, 6.07) is 12.4. The van der Waals surface area contributed by atoms with Gasteiger partial charge in [-0.15, -0.1) is 0 Å². The van der Waals surface area contributed by atoms with Crippen LogP contribution in [0, 0.1) is 10.1 Å². The fourth-order valence-corrected chi connectivity index (χ4v) is 3.34. The van der Waals surface area contributed by atoms with Crippen molar-refractivity contribution in [1.29, 1.82) is 0 Å². The molecular weight excluding hydrogens is 388 g/mol. The monoisotopic (exact) mass is 406 g/mol. The Hall–Kier alpha value is -4.21. The fraction of sp³-hybridized carbons (Fsp3) is 0.150. The van der Waals surface area contributed by atoms with E-state index in [1.165, 1.54) is 18.5 Å². The molecule has 1 atom stereocenters. The summed E-state index contributed by atoms with van der Waals surface area (Å²) in [5.74, 6) is 0.838. The first-order valence-corrected chi connectivity index (χ1v) is 9.05. The number of non-ortho nitro benzene ring substituents is 1. The number of nitrogens with one attached hydrogen (secondary N) is 2. The molecule has 0 radical (unpaired) electrons. The van der Waals surface area contributed by atoms with E-state index in [0.29, 0.717) is 34.2 Å². The lowest BCUT2D eigenvalue weighted by molar-refractivity contribution is -0.384. The first-order valence-electron chi connectivity index (χ1n) is 9.05. The average Bonchev–Trinajstić information content (AvgIpc) is 3.21. The summed E-state index contributed by atoms with van der Waals surface area (Å²) in [7, 11) is 1.57. The number of hydrogen-bond acceptors (Lipinski definition) is 7. The van der Waals surface area contributed by atoms with Crippen molar-refractivity contribution in [2.24, 2.45) is 0 Å². The number of carbonyl (C=O) groups is 1. The van der Waals surface area contributed by atoms with Crippen molar-refractivity contribution < 1.29 is 14.5 Å². The molecule has 1 aliphatic heterocycles. The molecule has 3 aromatic rings. The standard InChI is InChI=1S/C20H18N6O4/c1-12-17(19(27)24-14-5-9-16(30-2)10-6-14)18(25-20(23-12)21-11-22-25)13-3-7-15(8-4-13)26(28)29/h3-11,18H,1-2H3,(H,24,27)(H,21,22,23)/t18-/m1/s1. The minimum absolute atomic E-state index is 0.0311. The number of hydrogen-bond donors (Lipinski definition) is 2. The van der Waals surface area contributed by atoms with Gasteiger partial charge in [0.1, 0.15) is 18.1 Å². The zero-order chi connectivity index (χ0) is 21.3. The fourth-order valence-electron chi connectivity index (χ4n) is 3.34. The quantitative estimate of drug-likeness (QED) is 0.493. The van der Waals surface area contributed by atoms with E-state index >= 15 is 0 Å². The largest absolute Gasteiger partial charge is 0.497 e. The van der Waals surface area contributed by atoms with Gasteiger partial charge in [0.05, 0.1) is 17.6 Å². The first kappa shape index (κ1) is 19.1. The molecule has 1 aliphatic rings. The second kappa shape index (κ2) is 7.66. The van der Waals surface area contributed by atoms with Gasteiger partial charge in [0.15, 0.2) is 0 Å². The molecule has 30 heavy (non-hydrogen) atoms. The van der Waals surface area contributed by atoms with Gasteiger partial charge in [-0.1, -0.05) is 0 Å². The van der Waals surface area contributed by atoms with Crippen LogP contribution < -0.4 is 15.4 Å². The van der Waals surface area contributed by atoms with Crippen LogP contribution in [0.5, 0.6) is 5.75 Å². The summed E-state index contributed by atoms with van der Waals surface area (Å²) in [6.07, 6.45) is 1.39. The normalized spacial score (nSPS) is 15.2. The van der Waals surface area contributed by atoms with E-state index in [1.807, 2.05) is 0 Å². The third-order valence-corrected chi connectivity index (χ3v) is 4.81. The summed E-state index contributed by atoms with van der Waals surface area (Å²) in [5.41, 5.74) is 2.29. The highest BCUT2D eigenvalue weighted by Crippen LogP contribution is 2.35. The summed E-state index contributed by atoms with van der Waals surface area (Å²) in [5, 5.41) is 21.2. The van der Waals surface area contributed by atoms with Gasteiger partial charge in [-0.3, -0.25) is 14.9 Å². The molecule has 0 bridgehead atoms. The molecule has 2 aromatic carbocycles. The summed E-state index contributed by atoms with van der Waals surface area (Å²) in [4.78, 5) is 27.9. The number of anilines is 2. The lowest BCUT2D eigenvalue weighted by Gasteiger charge is -2.28. The number of nitrogens with zero attached hydrogens (tertiary/aromatic N) is 4. The Morgan fingerprint density at radius 3 is 2.53 bits per heavy atom. The van der Waals surface area contributed by atoms with Crippen LogP contribution in [0.15, 0.2) is 66.1 Å². The third kappa shape index (κ3) is 3.46. The van der Waals surface area contributed by atoms with E-state index in [1.54, 1.807) is 55.1 Å². The van der Waals surface area contributed by atoms with Crippen LogP contribution in [0.3, 0.4) is 0 Å². The molecular formula is C20H18N6O4.